The first-order chi connectivity index (χ1) is 13.1. The zero-order valence-corrected chi connectivity index (χ0v) is 15.8. The van der Waals surface area contributed by atoms with Gasteiger partial charge in [0.05, 0.1) is 12.8 Å². The van der Waals surface area contributed by atoms with Gasteiger partial charge in [0.25, 0.3) is 5.91 Å². The van der Waals surface area contributed by atoms with Crippen molar-refractivity contribution in [1.29, 1.82) is 0 Å². The monoisotopic (exact) mass is 388 g/mol. The first-order valence-corrected chi connectivity index (χ1v) is 9.11. The SMILES string of the molecule is COc1ccc(NC(=O)COc2ccc(Cl)cc2)cc1N1CCCCC1=O. The van der Waals surface area contributed by atoms with Gasteiger partial charge in [-0.15, -0.1) is 0 Å². The minimum atomic E-state index is -0.300. The number of methoxy groups -OCH3 is 1. The van der Waals surface area contributed by atoms with Crippen molar-refractivity contribution in [3.63, 3.8) is 0 Å². The Morgan fingerprint density at radius 1 is 1.19 bits per heavy atom. The van der Waals surface area contributed by atoms with E-state index in [1.54, 1.807) is 54.5 Å². The van der Waals surface area contributed by atoms with Gasteiger partial charge in [-0.05, 0) is 55.3 Å². The fourth-order valence-corrected chi connectivity index (χ4v) is 3.04. The molecule has 1 aliphatic rings. The summed E-state index contributed by atoms with van der Waals surface area (Å²) in [5.74, 6) is 0.921. The van der Waals surface area contributed by atoms with E-state index in [1.807, 2.05) is 0 Å². The van der Waals surface area contributed by atoms with Crippen molar-refractivity contribution in [3.8, 4) is 11.5 Å². The fourth-order valence-electron chi connectivity index (χ4n) is 2.92. The number of hydrogen-bond donors (Lipinski definition) is 1. The molecule has 0 atom stereocenters. The molecule has 1 heterocycles. The minimum Gasteiger partial charge on any atom is -0.495 e. The molecule has 0 radical (unpaired) electrons. The van der Waals surface area contributed by atoms with Gasteiger partial charge in [-0.25, -0.2) is 0 Å². The van der Waals surface area contributed by atoms with E-state index in [9.17, 15) is 9.59 Å². The van der Waals surface area contributed by atoms with Gasteiger partial charge in [0.1, 0.15) is 11.5 Å². The quantitative estimate of drug-likeness (QED) is 0.815. The largest absolute Gasteiger partial charge is 0.495 e. The van der Waals surface area contributed by atoms with Crippen LogP contribution in [0.1, 0.15) is 19.3 Å². The van der Waals surface area contributed by atoms with Gasteiger partial charge >= 0.3 is 0 Å². The van der Waals surface area contributed by atoms with Crippen LogP contribution in [0.3, 0.4) is 0 Å². The van der Waals surface area contributed by atoms with Crippen LogP contribution in [0.4, 0.5) is 11.4 Å². The van der Waals surface area contributed by atoms with Gasteiger partial charge in [-0.2, -0.15) is 0 Å². The second kappa shape index (κ2) is 8.77. The van der Waals surface area contributed by atoms with Gasteiger partial charge in [-0.1, -0.05) is 11.6 Å². The fraction of sp³-hybridized carbons (Fsp3) is 0.300. The lowest BCUT2D eigenvalue weighted by molar-refractivity contribution is -0.119. The molecule has 7 heteroatoms. The number of nitrogens with zero attached hydrogens (tertiary/aromatic N) is 1. The van der Waals surface area contributed by atoms with Crippen LogP contribution in [0.15, 0.2) is 42.5 Å². The van der Waals surface area contributed by atoms with E-state index in [1.165, 1.54) is 0 Å². The number of rotatable bonds is 6. The average Bonchev–Trinajstić information content (AvgIpc) is 2.68. The Morgan fingerprint density at radius 3 is 2.67 bits per heavy atom. The molecule has 6 nitrogen and oxygen atoms in total. The molecular formula is C20H21ClN2O4. The van der Waals surface area contributed by atoms with E-state index in [0.29, 0.717) is 40.9 Å². The van der Waals surface area contributed by atoms with Crippen LogP contribution in [-0.4, -0.2) is 32.1 Å². The van der Waals surface area contributed by atoms with Crippen LogP contribution < -0.4 is 19.7 Å². The number of ether oxygens (including phenoxy) is 2. The van der Waals surface area contributed by atoms with E-state index < -0.39 is 0 Å². The summed E-state index contributed by atoms with van der Waals surface area (Å²) >= 11 is 5.82. The van der Waals surface area contributed by atoms with Crippen LogP contribution in [-0.2, 0) is 9.59 Å². The van der Waals surface area contributed by atoms with E-state index in [2.05, 4.69) is 5.32 Å². The summed E-state index contributed by atoms with van der Waals surface area (Å²) in [6, 6.07) is 12.0. The maximum Gasteiger partial charge on any atom is 0.262 e. The second-order valence-electron chi connectivity index (χ2n) is 6.18. The highest BCUT2D eigenvalue weighted by atomic mass is 35.5. The third-order valence-electron chi connectivity index (χ3n) is 4.26. The lowest BCUT2D eigenvalue weighted by Gasteiger charge is -2.28. The van der Waals surface area contributed by atoms with Crippen LogP contribution in [0.2, 0.25) is 5.02 Å². The lowest BCUT2D eigenvalue weighted by Crippen LogP contribution is -2.35. The van der Waals surface area contributed by atoms with Crippen molar-refractivity contribution in [3.05, 3.63) is 47.5 Å². The molecule has 0 spiro atoms. The van der Waals surface area contributed by atoms with Crippen molar-refractivity contribution in [1.82, 2.24) is 0 Å². The third-order valence-corrected chi connectivity index (χ3v) is 4.51. The highest BCUT2D eigenvalue weighted by Crippen LogP contribution is 2.33. The van der Waals surface area contributed by atoms with Gasteiger partial charge in [0.15, 0.2) is 6.61 Å². The van der Waals surface area contributed by atoms with Gasteiger partial charge < -0.3 is 19.7 Å². The Morgan fingerprint density at radius 2 is 1.96 bits per heavy atom. The van der Waals surface area contributed by atoms with Crippen LogP contribution in [0, 0.1) is 0 Å². The molecule has 0 unspecified atom stereocenters. The van der Waals surface area contributed by atoms with Crippen molar-refractivity contribution in [2.45, 2.75) is 19.3 Å². The van der Waals surface area contributed by atoms with E-state index in [4.69, 9.17) is 21.1 Å². The van der Waals surface area contributed by atoms with Gasteiger partial charge in [0.2, 0.25) is 5.91 Å². The maximum atomic E-state index is 12.2. The van der Waals surface area contributed by atoms with E-state index in [-0.39, 0.29) is 18.4 Å². The van der Waals surface area contributed by atoms with Crippen molar-refractivity contribution >= 4 is 34.8 Å². The van der Waals surface area contributed by atoms with Gasteiger partial charge in [0, 0.05) is 23.7 Å². The molecule has 3 rings (SSSR count). The Balaban J connectivity index is 1.67. The minimum absolute atomic E-state index is 0.0640. The maximum absolute atomic E-state index is 12.2. The highest BCUT2D eigenvalue weighted by Gasteiger charge is 2.23. The number of hydrogen-bond acceptors (Lipinski definition) is 4. The summed E-state index contributed by atoms with van der Waals surface area (Å²) in [4.78, 5) is 26.1. The molecule has 1 N–H and O–H groups in total. The van der Waals surface area contributed by atoms with Crippen molar-refractivity contribution in [2.75, 3.05) is 30.5 Å². The molecule has 1 saturated heterocycles. The zero-order valence-electron chi connectivity index (χ0n) is 15.0. The molecule has 2 aromatic rings. The first-order valence-electron chi connectivity index (χ1n) is 8.73. The molecule has 2 amide bonds. The molecule has 27 heavy (non-hydrogen) atoms. The van der Waals surface area contributed by atoms with E-state index in [0.717, 1.165) is 12.8 Å². The molecule has 1 aliphatic heterocycles. The summed E-state index contributed by atoms with van der Waals surface area (Å²) in [5, 5.41) is 3.39. The number of carbonyl (C=O) groups excluding carboxylic acids is 2. The normalized spacial score (nSPS) is 14.0. The Labute approximate surface area is 163 Å². The zero-order chi connectivity index (χ0) is 19.2. The number of amides is 2. The highest BCUT2D eigenvalue weighted by molar-refractivity contribution is 6.30. The lowest BCUT2D eigenvalue weighted by atomic mass is 10.1. The molecule has 1 fully saturated rings. The summed E-state index contributed by atoms with van der Waals surface area (Å²) in [6.07, 6.45) is 2.37. The Bertz CT molecular complexity index is 823. The molecule has 0 aromatic heterocycles. The molecule has 0 bridgehead atoms. The number of nitrogens with one attached hydrogen (secondary N) is 1. The number of piperidine rings is 1. The molecule has 0 saturated carbocycles. The smallest absolute Gasteiger partial charge is 0.262 e. The predicted molar refractivity (Wildman–Crippen MR) is 105 cm³/mol. The molecular weight excluding hydrogens is 368 g/mol. The van der Waals surface area contributed by atoms with Gasteiger partial charge in [-0.3, -0.25) is 9.59 Å². The number of carbonyl (C=O) groups is 2. The topological polar surface area (TPSA) is 67.9 Å². The standard InChI is InChI=1S/C20H21ClN2O4/c1-26-18-10-7-15(12-17(18)23-11-3-2-4-20(23)25)22-19(24)13-27-16-8-5-14(21)6-9-16/h5-10,12H,2-4,11,13H2,1H3,(H,22,24). The number of benzene rings is 2. The average molecular weight is 389 g/mol. The second-order valence-corrected chi connectivity index (χ2v) is 6.62. The summed E-state index contributed by atoms with van der Waals surface area (Å²) in [6.45, 7) is 0.512. The summed E-state index contributed by atoms with van der Waals surface area (Å²) in [5.41, 5.74) is 1.24. The predicted octanol–water partition coefficient (Wildman–Crippen LogP) is 3.88. The number of anilines is 2. The summed E-state index contributed by atoms with van der Waals surface area (Å²) < 4.78 is 10.8. The van der Waals surface area contributed by atoms with Crippen molar-refractivity contribution in [2.24, 2.45) is 0 Å². The first kappa shape index (κ1) is 19.0. The summed E-state index contributed by atoms with van der Waals surface area (Å²) in [7, 11) is 1.56. The Hall–Kier alpha value is -2.73. The molecule has 2 aromatic carbocycles. The van der Waals surface area contributed by atoms with Crippen LogP contribution in [0.5, 0.6) is 11.5 Å². The van der Waals surface area contributed by atoms with Crippen LogP contribution >= 0.6 is 11.6 Å². The van der Waals surface area contributed by atoms with E-state index >= 15 is 0 Å². The molecule has 142 valence electrons. The third kappa shape index (κ3) is 4.92. The van der Waals surface area contributed by atoms with Crippen molar-refractivity contribution < 1.29 is 19.1 Å². The molecule has 0 aliphatic carbocycles. The van der Waals surface area contributed by atoms with Crippen LogP contribution in [0.25, 0.3) is 0 Å². The Kier molecular flexibility index (Phi) is 6.19. The number of halogens is 1.